The summed E-state index contributed by atoms with van der Waals surface area (Å²) in [6.45, 7) is 1.54. The fourth-order valence-electron chi connectivity index (χ4n) is 2.63. The van der Waals surface area contributed by atoms with E-state index < -0.39 is 6.43 Å². The number of hydrogen-bond donors (Lipinski definition) is 0. The first-order valence-electron chi connectivity index (χ1n) is 6.68. The highest BCUT2D eigenvalue weighted by Crippen LogP contribution is 2.37. The molecule has 0 aliphatic carbocycles. The van der Waals surface area contributed by atoms with Gasteiger partial charge in [0.1, 0.15) is 5.75 Å². The Morgan fingerprint density at radius 1 is 1.33 bits per heavy atom. The topological polar surface area (TPSA) is 38.2 Å². The fourth-order valence-corrected chi connectivity index (χ4v) is 3.37. The molecule has 1 aromatic carbocycles. The third-order valence-electron chi connectivity index (χ3n) is 3.65. The summed E-state index contributed by atoms with van der Waals surface area (Å²) in [5.41, 5.74) is 1.15. The van der Waals surface area contributed by atoms with Crippen molar-refractivity contribution in [3.8, 4) is 5.75 Å². The summed E-state index contributed by atoms with van der Waals surface area (Å²) in [6.07, 6.45) is -1.60. The predicted molar refractivity (Wildman–Crippen MR) is 77.4 cm³/mol. The van der Waals surface area contributed by atoms with Crippen molar-refractivity contribution in [2.45, 2.75) is 18.8 Å². The monoisotopic (exact) mass is 311 g/mol. The Labute approximate surface area is 125 Å². The van der Waals surface area contributed by atoms with E-state index in [-0.39, 0.29) is 5.01 Å². The maximum atomic E-state index is 12.6. The van der Waals surface area contributed by atoms with Gasteiger partial charge in [0.2, 0.25) is 5.13 Å². The van der Waals surface area contributed by atoms with Crippen LogP contribution in [0.2, 0.25) is 0 Å². The van der Waals surface area contributed by atoms with Crippen LogP contribution in [0.15, 0.2) is 24.3 Å². The number of aromatic nitrogens is 2. The Balaban J connectivity index is 1.75. The number of hydrogen-bond acceptors (Lipinski definition) is 5. The molecule has 1 saturated heterocycles. The Kier molecular flexibility index (Phi) is 4.01. The van der Waals surface area contributed by atoms with E-state index in [0.717, 1.165) is 42.2 Å². The lowest BCUT2D eigenvalue weighted by atomic mass is 9.97. The zero-order chi connectivity index (χ0) is 14.8. The number of nitrogens with zero attached hydrogens (tertiary/aromatic N) is 3. The minimum Gasteiger partial charge on any atom is -0.496 e. The summed E-state index contributed by atoms with van der Waals surface area (Å²) in [7, 11) is 1.66. The minimum atomic E-state index is -2.55. The van der Waals surface area contributed by atoms with Crippen molar-refractivity contribution in [1.29, 1.82) is 0 Å². The predicted octanol–water partition coefficient (Wildman–Crippen LogP) is 3.48. The maximum absolute atomic E-state index is 12.6. The van der Waals surface area contributed by atoms with Crippen LogP contribution in [0.1, 0.15) is 29.3 Å². The first-order valence-corrected chi connectivity index (χ1v) is 7.50. The second-order valence-electron chi connectivity index (χ2n) is 4.90. The Morgan fingerprint density at radius 2 is 2.14 bits per heavy atom. The Bertz CT molecular complexity index is 620. The van der Waals surface area contributed by atoms with Gasteiger partial charge in [-0.1, -0.05) is 29.5 Å². The average molecular weight is 311 g/mol. The van der Waals surface area contributed by atoms with Crippen molar-refractivity contribution in [1.82, 2.24) is 10.2 Å². The van der Waals surface area contributed by atoms with Crippen LogP contribution in [-0.2, 0) is 0 Å². The summed E-state index contributed by atoms with van der Waals surface area (Å²) in [5, 5.41) is 7.77. The normalized spacial score (nSPS) is 18.5. The van der Waals surface area contributed by atoms with E-state index in [1.807, 2.05) is 23.1 Å². The molecule has 0 bridgehead atoms. The molecule has 3 rings (SSSR count). The van der Waals surface area contributed by atoms with Crippen LogP contribution in [0.5, 0.6) is 5.75 Å². The number of para-hydroxylation sites is 1. The van der Waals surface area contributed by atoms with Crippen molar-refractivity contribution < 1.29 is 13.5 Å². The van der Waals surface area contributed by atoms with Gasteiger partial charge >= 0.3 is 0 Å². The highest BCUT2D eigenvalue weighted by molar-refractivity contribution is 7.15. The lowest BCUT2D eigenvalue weighted by Crippen LogP contribution is -2.19. The molecule has 0 saturated carbocycles. The Morgan fingerprint density at radius 3 is 2.86 bits per heavy atom. The largest absolute Gasteiger partial charge is 0.496 e. The van der Waals surface area contributed by atoms with E-state index in [9.17, 15) is 8.78 Å². The minimum absolute atomic E-state index is 0.217. The fraction of sp³-hybridized carbons (Fsp3) is 0.429. The molecule has 112 valence electrons. The molecule has 21 heavy (non-hydrogen) atoms. The molecule has 1 unspecified atom stereocenters. The zero-order valence-corrected chi connectivity index (χ0v) is 12.3. The average Bonchev–Trinajstić information content (AvgIpc) is 3.16. The smallest absolute Gasteiger partial charge is 0.291 e. The number of halogens is 2. The molecule has 0 spiro atoms. The van der Waals surface area contributed by atoms with E-state index in [1.165, 1.54) is 0 Å². The highest BCUT2D eigenvalue weighted by atomic mass is 32.1. The molecular formula is C14H15F2N3OS. The van der Waals surface area contributed by atoms with Gasteiger partial charge in [-0.3, -0.25) is 0 Å². The van der Waals surface area contributed by atoms with Crippen LogP contribution in [0.4, 0.5) is 13.9 Å². The van der Waals surface area contributed by atoms with Crippen molar-refractivity contribution in [2.75, 3.05) is 25.1 Å². The van der Waals surface area contributed by atoms with Crippen molar-refractivity contribution >= 4 is 16.5 Å². The molecule has 4 nitrogen and oxygen atoms in total. The molecule has 1 aliphatic heterocycles. The first-order chi connectivity index (χ1) is 10.2. The SMILES string of the molecule is COc1ccccc1C1CCN(c2nnc(C(F)F)s2)C1. The number of ether oxygens (including phenoxy) is 1. The van der Waals surface area contributed by atoms with Crippen LogP contribution < -0.4 is 9.64 Å². The van der Waals surface area contributed by atoms with Crippen LogP contribution in [0.25, 0.3) is 0 Å². The van der Waals surface area contributed by atoms with Gasteiger partial charge in [0.15, 0.2) is 5.01 Å². The lowest BCUT2D eigenvalue weighted by Gasteiger charge is -2.16. The summed E-state index contributed by atoms with van der Waals surface area (Å²) in [6, 6.07) is 7.92. The highest BCUT2D eigenvalue weighted by Gasteiger charge is 2.28. The lowest BCUT2D eigenvalue weighted by molar-refractivity contribution is 0.150. The first kappa shape index (κ1) is 14.2. The summed E-state index contributed by atoms with van der Waals surface area (Å²) >= 11 is 0.968. The molecule has 1 aliphatic rings. The number of alkyl halides is 2. The third-order valence-corrected chi connectivity index (χ3v) is 4.65. The standard InChI is InChI=1S/C14H15F2N3OS/c1-20-11-5-3-2-4-10(11)9-6-7-19(8-9)14-18-17-13(21-14)12(15)16/h2-5,9,12H,6-8H2,1H3. The van der Waals surface area contributed by atoms with Gasteiger partial charge in [0.25, 0.3) is 6.43 Å². The van der Waals surface area contributed by atoms with Gasteiger partial charge < -0.3 is 9.64 Å². The molecule has 1 aromatic heterocycles. The van der Waals surface area contributed by atoms with Gasteiger partial charge in [-0.25, -0.2) is 8.78 Å². The molecule has 1 fully saturated rings. The van der Waals surface area contributed by atoms with Crippen LogP contribution >= 0.6 is 11.3 Å². The third kappa shape index (κ3) is 2.83. The van der Waals surface area contributed by atoms with Gasteiger partial charge in [-0.2, -0.15) is 0 Å². The maximum Gasteiger partial charge on any atom is 0.291 e. The van der Waals surface area contributed by atoms with E-state index in [2.05, 4.69) is 16.3 Å². The zero-order valence-electron chi connectivity index (χ0n) is 11.5. The summed E-state index contributed by atoms with van der Waals surface area (Å²) < 4.78 is 30.6. The molecule has 2 heterocycles. The molecular weight excluding hydrogens is 296 g/mol. The van der Waals surface area contributed by atoms with E-state index in [0.29, 0.717) is 11.0 Å². The second kappa shape index (κ2) is 5.93. The molecule has 7 heteroatoms. The van der Waals surface area contributed by atoms with Gasteiger partial charge in [0.05, 0.1) is 7.11 Å². The van der Waals surface area contributed by atoms with Gasteiger partial charge in [-0.05, 0) is 18.1 Å². The summed E-state index contributed by atoms with van der Waals surface area (Å²) in [5.74, 6) is 1.19. The molecule has 0 N–H and O–H groups in total. The number of methoxy groups -OCH3 is 1. The van der Waals surface area contributed by atoms with E-state index >= 15 is 0 Å². The number of benzene rings is 1. The van der Waals surface area contributed by atoms with E-state index in [1.54, 1.807) is 7.11 Å². The Hall–Kier alpha value is -1.76. The van der Waals surface area contributed by atoms with E-state index in [4.69, 9.17) is 4.74 Å². The number of rotatable bonds is 4. The molecule has 1 atom stereocenters. The molecule has 0 radical (unpaired) electrons. The van der Waals surface area contributed by atoms with Crippen molar-refractivity contribution in [2.24, 2.45) is 0 Å². The van der Waals surface area contributed by atoms with Crippen LogP contribution in [0, 0.1) is 0 Å². The van der Waals surface area contributed by atoms with Gasteiger partial charge in [-0.15, -0.1) is 10.2 Å². The summed E-state index contributed by atoms with van der Waals surface area (Å²) in [4.78, 5) is 2.01. The van der Waals surface area contributed by atoms with Gasteiger partial charge in [0, 0.05) is 19.0 Å². The van der Waals surface area contributed by atoms with Crippen LogP contribution in [-0.4, -0.2) is 30.4 Å². The second-order valence-corrected chi connectivity index (χ2v) is 5.88. The molecule has 0 amide bonds. The van der Waals surface area contributed by atoms with Crippen molar-refractivity contribution in [3.63, 3.8) is 0 Å². The number of anilines is 1. The quantitative estimate of drug-likeness (QED) is 0.866. The van der Waals surface area contributed by atoms with Crippen LogP contribution in [0.3, 0.4) is 0 Å². The molecule has 2 aromatic rings. The van der Waals surface area contributed by atoms with Crippen molar-refractivity contribution in [3.05, 3.63) is 34.8 Å².